The lowest BCUT2D eigenvalue weighted by Crippen LogP contribution is -2.39. The molecule has 0 aliphatic carbocycles. The van der Waals surface area contributed by atoms with Gasteiger partial charge in [0, 0.05) is 81.0 Å². The second-order valence-corrected chi connectivity index (χ2v) is 15.8. The first-order chi connectivity index (χ1) is 33.2. The zero-order valence-corrected chi connectivity index (χ0v) is 38.9. The molecule has 69 heavy (non-hydrogen) atoms. The summed E-state index contributed by atoms with van der Waals surface area (Å²) in [6.45, 7) is 9.31. The highest BCUT2D eigenvalue weighted by Gasteiger charge is 2.24. The maximum absolute atomic E-state index is 13.9. The summed E-state index contributed by atoms with van der Waals surface area (Å²) < 4.78 is 24.9. The number of primary amides is 2. The van der Waals surface area contributed by atoms with Gasteiger partial charge < -0.3 is 50.6 Å². The van der Waals surface area contributed by atoms with Gasteiger partial charge in [-0.1, -0.05) is 12.2 Å². The number of carboxylic acid groups (broad SMARTS) is 1. The zero-order chi connectivity index (χ0) is 49.4. The number of carbonyl (C=O) groups is 5. The monoisotopic (exact) mass is 946 g/mol. The molecule has 0 radical (unpaired) electrons. The van der Waals surface area contributed by atoms with E-state index in [1.54, 1.807) is 47.7 Å². The number of carboxylic acids is 1. The molecular weight excluding hydrogens is 893 g/mol. The van der Waals surface area contributed by atoms with Crippen molar-refractivity contribution in [2.24, 2.45) is 11.5 Å². The number of carbonyl (C=O) groups excluding carboxylic acids is 4. The van der Waals surface area contributed by atoms with Gasteiger partial charge in [-0.2, -0.15) is 10.2 Å². The van der Waals surface area contributed by atoms with E-state index >= 15 is 0 Å². The van der Waals surface area contributed by atoms with Crippen LogP contribution < -0.4 is 36.9 Å². The van der Waals surface area contributed by atoms with Crippen LogP contribution in [0.25, 0.3) is 44.5 Å². The van der Waals surface area contributed by atoms with Crippen LogP contribution in [0.4, 0.5) is 10.7 Å². The van der Waals surface area contributed by atoms with Crippen LogP contribution in [0.2, 0.25) is 0 Å². The number of methoxy groups -OCH3 is 1. The molecule has 23 heteroatoms. The average Bonchev–Trinajstić information content (AvgIpc) is 4.08. The van der Waals surface area contributed by atoms with Crippen LogP contribution in [-0.2, 0) is 35.7 Å². The predicted molar refractivity (Wildman–Crippen MR) is 254 cm³/mol. The maximum atomic E-state index is 13.9. The van der Waals surface area contributed by atoms with E-state index in [2.05, 4.69) is 26.1 Å². The number of hydrogen-bond donors (Lipinski definition) is 6. The highest BCUT2D eigenvalue weighted by atomic mass is 16.5. The number of nitrogens with two attached hydrogens (primary N) is 2. The van der Waals surface area contributed by atoms with Gasteiger partial charge >= 0.3 is 12.0 Å². The highest BCUT2D eigenvalue weighted by molar-refractivity contribution is 6.12. The van der Waals surface area contributed by atoms with Crippen LogP contribution in [0.3, 0.4) is 0 Å². The van der Waals surface area contributed by atoms with Crippen LogP contribution in [0.5, 0.6) is 11.5 Å². The Morgan fingerprint density at radius 2 is 1.41 bits per heavy atom. The van der Waals surface area contributed by atoms with Crippen molar-refractivity contribution in [1.82, 2.24) is 54.3 Å². The fourth-order valence-electron chi connectivity index (χ4n) is 7.80. The molecule has 0 bridgehead atoms. The van der Waals surface area contributed by atoms with Gasteiger partial charge in [-0.15, -0.1) is 0 Å². The summed E-state index contributed by atoms with van der Waals surface area (Å²) in [5, 5.41) is 26.9. The number of hydrogen-bond acceptors (Lipinski definition) is 13. The number of aliphatic carboxylic acids is 1. The average molecular weight is 947 g/mol. The van der Waals surface area contributed by atoms with Gasteiger partial charge in [-0.05, 0) is 70.5 Å². The van der Waals surface area contributed by atoms with Gasteiger partial charge in [-0.25, -0.2) is 19.7 Å². The minimum Gasteiger partial charge on any atom is -0.491 e. The number of nitrogens with zero attached hydrogens (tertiary/aromatic N) is 9. The minimum absolute atomic E-state index is 0.0533. The van der Waals surface area contributed by atoms with Gasteiger partial charge in [0.15, 0.2) is 5.82 Å². The van der Waals surface area contributed by atoms with Crippen molar-refractivity contribution < 1.29 is 43.3 Å². The Labute approximate surface area is 394 Å². The first kappa shape index (κ1) is 48.6. The molecule has 5 aromatic heterocycles. The summed E-state index contributed by atoms with van der Waals surface area (Å²) in [5.41, 5.74) is 16.4. The van der Waals surface area contributed by atoms with Crippen molar-refractivity contribution >= 4 is 68.6 Å². The number of aryl methyl sites for hydroxylation is 4. The summed E-state index contributed by atoms with van der Waals surface area (Å²) in [5.74, 6) is -1.82. The molecule has 0 aliphatic heterocycles. The quantitative estimate of drug-likeness (QED) is 0.0391. The third-order valence-corrected chi connectivity index (χ3v) is 10.9. The third kappa shape index (κ3) is 10.9. The normalized spacial score (nSPS) is 11.5. The SMILES string of the molecule is CCn1nc(C)cc1C(=O)Nc1nc2cc(C(N)=O)cc(OCCCNC(=O)NCC(=O)O)c2n1C/C=C/Cn1c2nc(-c3cc(C)nn3CC)ncc2c2cc(C(N)=O)cc(OCCCOC)c21. The number of imidazole rings is 1. The molecule has 0 saturated carbocycles. The van der Waals surface area contributed by atoms with Crippen molar-refractivity contribution in [1.29, 1.82) is 0 Å². The van der Waals surface area contributed by atoms with E-state index in [9.17, 15) is 24.0 Å². The number of amides is 5. The van der Waals surface area contributed by atoms with Crippen molar-refractivity contribution in [2.75, 3.05) is 45.3 Å². The summed E-state index contributed by atoms with van der Waals surface area (Å²) in [6.07, 6.45) is 6.37. The molecular formula is C46H54N14O9. The smallest absolute Gasteiger partial charge is 0.323 e. The number of anilines is 1. The molecule has 362 valence electrons. The van der Waals surface area contributed by atoms with E-state index in [1.165, 1.54) is 12.1 Å². The van der Waals surface area contributed by atoms with E-state index in [-0.39, 0.29) is 55.7 Å². The fraction of sp³-hybridized carbons (Fsp3) is 0.348. The molecule has 5 heterocycles. The number of nitrogens with one attached hydrogen (secondary N) is 3. The Morgan fingerprint density at radius 1 is 0.754 bits per heavy atom. The number of fused-ring (bicyclic) bond motifs is 4. The van der Waals surface area contributed by atoms with Crippen molar-refractivity contribution in [2.45, 2.75) is 66.7 Å². The second-order valence-electron chi connectivity index (χ2n) is 15.8. The Bertz CT molecular complexity index is 3110. The zero-order valence-electron chi connectivity index (χ0n) is 38.9. The molecule has 7 aromatic rings. The van der Waals surface area contributed by atoms with Crippen molar-refractivity contribution in [3.8, 4) is 23.0 Å². The standard InChI is InChI=1S/C46H54N14O9/c1-6-59-33(18-26(3)55-59)42-50-24-31-30-20-28(40(47)63)22-35(69-17-11-15-67-5)38(30)57(43(31)53-42)13-8-9-14-58-39-32(52-45(58)54-44(65)34-19-27(4)56-60(34)7-2)21-29(41(48)64)23-36(39)68-16-10-12-49-46(66)51-25-37(61)62/h8-9,18-24H,6-7,10-17,25H2,1-5H3,(H2,47,63)(H2,48,64)(H,61,62)(H2,49,51,66)(H,52,54,65)/b9-8+. The number of rotatable bonds is 23. The molecule has 0 atom stereocenters. The molecule has 7 rings (SSSR count). The number of urea groups is 1. The molecule has 0 spiro atoms. The largest absolute Gasteiger partial charge is 0.491 e. The van der Waals surface area contributed by atoms with Crippen molar-refractivity contribution in [3.63, 3.8) is 0 Å². The molecule has 0 saturated heterocycles. The Balaban J connectivity index is 1.30. The van der Waals surface area contributed by atoms with Crippen LogP contribution in [0.1, 0.15) is 69.3 Å². The van der Waals surface area contributed by atoms with Gasteiger partial charge in [-0.3, -0.25) is 33.9 Å². The first-order valence-electron chi connectivity index (χ1n) is 22.2. The predicted octanol–water partition coefficient (Wildman–Crippen LogP) is 3.93. The van der Waals surface area contributed by atoms with E-state index in [0.29, 0.717) is 88.5 Å². The lowest BCUT2D eigenvalue weighted by atomic mass is 10.1. The first-order valence-corrected chi connectivity index (χ1v) is 22.2. The Hall–Kier alpha value is -8.34. The number of aromatic nitrogens is 9. The third-order valence-electron chi connectivity index (χ3n) is 10.9. The van der Waals surface area contributed by atoms with Crippen molar-refractivity contribution in [3.05, 3.63) is 83.0 Å². The van der Waals surface area contributed by atoms with E-state index in [4.69, 9.17) is 45.7 Å². The van der Waals surface area contributed by atoms with Gasteiger partial charge in [0.25, 0.3) is 5.91 Å². The summed E-state index contributed by atoms with van der Waals surface area (Å²) in [4.78, 5) is 76.6. The van der Waals surface area contributed by atoms with E-state index in [1.807, 2.05) is 48.2 Å². The van der Waals surface area contributed by atoms with Gasteiger partial charge in [0.1, 0.15) is 40.6 Å². The topological polar surface area (TPSA) is 306 Å². The molecule has 2 aromatic carbocycles. The molecule has 0 unspecified atom stereocenters. The van der Waals surface area contributed by atoms with Gasteiger partial charge in [0.05, 0.1) is 35.6 Å². The molecule has 8 N–H and O–H groups in total. The fourth-order valence-corrected chi connectivity index (χ4v) is 7.80. The maximum Gasteiger partial charge on any atom is 0.323 e. The summed E-state index contributed by atoms with van der Waals surface area (Å²) >= 11 is 0. The lowest BCUT2D eigenvalue weighted by Gasteiger charge is -2.14. The van der Waals surface area contributed by atoms with Crippen LogP contribution in [-0.4, -0.2) is 118 Å². The van der Waals surface area contributed by atoms with E-state index < -0.39 is 36.3 Å². The lowest BCUT2D eigenvalue weighted by molar-refractivity contribution is -0.135. The summed E-state index contributed by atoms with van der Waals surface area (Å²) in [7, 11) is 1.61. The molecule has 0 aliphatic rings. The van der Waals surface area contributed by atoms with Crippen LogP contribution in [0.15, 0.2) is 54.7 Å². The van der Waals surface area contributed by atoms with E-state index in [0.717, 1.165) is 11.4 Å². The highest BCUT2D eigenvalue weighted by Crippen LogP contribution is 2.37. The second kappa shape index (κ2) is 21.5. The number of benzene rings is 2. The number of allylic oxidation sites excluding steroid dienone is 2. The molecule has 0 fully saturated rings. The van der Waals surface area contributed by atoms with Crippen LogP contribution in [0, 0.1) is 13.8 Å². The minimum atomic E-state index is -1.18. The molecule has 5 amide bonds. The molecule has 23 nitrogen and oxygen atoms in total. The summed E-state index contributed by atoms with van der Waals surface area (Å²) in [6, 6.07) is 9.24. The van der Waals surface area contributed by atoms with Gasteiger partial charge in [0.2, 0.25) is 17.8 Å². The Morgan fingerprint density at radius 3 is 2.09 bits per heavy atom. The Kier molecular flexibility index (Phi) is 15.2. The number of ether oxygens (including phenoxy) is 3. The van der Waals surface area contributed by atoms with Crippen LogP contribution >= 0.6 is 0 Å².